The Morgan fingerprint density at radius 3 is 2.10 bits per heavy atom. The molecule has 0 spiro atoms. The van der Waals surface area contributed by atoms with E-state index >= 15 is 0 Å². The molecule has 0 aromatic heterocycles. The quantitative estimate of drug-likeness (QED) is 0.859. The van der Waals surface area contributed by atoms with Gasteiger partial charge in [0, 0.05) is 38.6 Å². The molecule has 21 heavy (non-hydrogen) atoms. The average Bonchev–Trinajstić information content (AvgIpc) is 2.45. The maximum atomic E-state index is 12.8. The van der Waals surface area contributed by atoms with Crippen LogP contribution >= 0.6 is 0 Å². The zero-order chi connectivity index (χ0) is 15.5. The molecule has 7 heteroatoms. The van der Waals surface area contributed by atoms with E-state index in [1.54, 1.807) is 0 Å². The van der Waals surface area contributed by atoms with E-state index in [4.69, 9.17) is 0 Å². The predicted molar refractivity (Wildman–Crippen MR) is 69.2 cm³/mol. The van der Waals surface area contributed by atoms with E-state index in [0.29, 0.717) is 31.7 Å². The summed E-state index contributed by atoms with van der Waals surface area (Å²) in [7, 11) is 0. The zero-order valence-corrected chi connectivity index (χ0v) is 11.3. The number of nitrogens with zero attached hydrogens (tertiary/aromatic N) is 1. The van der Waals surface area contributed by atoms with Crippen LogP contribution in [-0.2, 0) is 6.18 Å². The number of hydrogen-bond acceptors (Lipinski definition) is 2. The van der Waals surface area contributed by atoms with Gasteiger partial charge in [-0.15, -0.1) is 0 Å². The minimum atomic E-state index is -4.41. The van der Waals surface area contributed by atoms with Gasteiger partial charge >= 0.3 is 6.18 Å². The van der Waals surface area contributed by atoms with E-state index in [2.05, 4.69) is 5.32 Å². The van der Waals surface area contributed by atoms with Crippen LogP contribution in [0.25, 0.3) is 0 Å². The lowest BCUT2D eigenvalue weighted by atomic mass is 10.00. The van der Waals surface area contributed by atoms with Gasteiger partial charge in [0.05, 0.1) is 5.56 Å². The lowest BCUT2D eigenvalue weighted by molar-refractivity contribution is -0.137. The van der Waals surface area contributed by atoms with E-state index in [-0.39, 0.29) is 6.42 Å². The average molecular weight is 308 g/mol. The first-order chi connectivity index (χ1) is 9.88. The molecule has 0 amide bonds. The summed E-state index contributed by atoms with van der Waals surface area (Å²) in [6, 6.07) is 3.97. The largest absolute Gasteiger partial charge is 0.416 e. The molecule has 2 rings (SSSR count). The Hall–Kier alpha value is -1.21. The van der Waals surface area contributed by atoms with Crippen molar-refractivity contribution in [2.45, 2.75) is 25.1 Å². The van der Waals surface area contributed by atoms with Crippen LogP contribution in [0, 0.1) is 0 Å². The highest BCUT2D eigenvalue weighted by atomic mass is 19.4. The molecule has 0 saturated carbocycles. The van der Waals surface area contributed by atoms with Crippen molar-refractivity contribution in [3.63, 3.8) is 0 Å². The molecule has 1 aliphatic rings. The van der Waals surface area contributed by atoms with E-state index in [0.717, 1.165) is 12.1 Å². The van der Waals surface area contributed by atoms with Crippen LogP contribution in [0.4, 0.5) is 22.0 Å². The third kappa shape index (κ3) is 4.38. The topological polar surface area (TPSA) is 15.3 Å². The number of nitrogens with one attached hydrogen (secondary N) is 1. The van der Waals surface area contributed by atoms with Gasteiger partial charge in [-0.1, -0.05) is 12.1 Å². The molecule has 2 nitrogen and oxygen atoms in total. The highest BCUT2D eigenvalue weighted by Crippen LogP contribution is 2.32. The van der Waals surface area contributed by atoms with Gasteiger partial charge in [0.2, 0.25) is 6.43 Å². The number of hydrogen-bond donors (Lipinski definition) is 1. The Bertz CT molecular complexity index is 438. The first-order valence-corrected chi connectivity index (χ1v) is 6.78. The summed E-state index contributed by atoms with van der Waals surface area (Å²) >= 11 is 0. The van der Waals surface area contributed by atoms with Crippen molar-refractivity contribution in [1.82, 2.24) is 10.2 Å². The minimum Gasteiger partial charge on any atom is -0.314 e. The SMILES string of the molecule is FC(F)C[C@H](c1ccc(C(F)(F)F)cc1)N1CCNCC1. The normalized spacial score (nSPS) is 19.0. The summed E-state index contributed by atoms with van der Waals surface area (Å²) in [5.74, 6) is 0. The second-order valence-electron chi connectivity index (χ2n) is 5.05. The molecular formula is C14H17F5N2. The van der Waals surface area contributed by atoms with Crippen molar-refractivity contribution >= 4 is 0 Å². The summed E-state index contributed by atoms with van der Waals surface area (Å²) in [6.07, 6.45) is -7.27. The summed E-state index contributed by atoms with van der Waals surface area (Å²) < 4.78 is 63.2. The highest BCUT2D eigenvalue weighted by molar-refractivity contribution is 5.27. The monoisotopic (exact) mass is 308 g/mol. The van der Waals surface area contributed by atoms with Gasteiger partial charge in [0.15, 0.2) is 0 Å². The number of alkyl halides is 5. The molecule has 0 radical (unpaired) electrons. The van der Waals surface area contributed by atoms with E-state index in [9.17, 15) is 22.0 Å². The van der Waals surface area contributed by atoms with Gasteiger partial charge in [-0.25, -0.2) is 8.78 Å². The van der Waals surface area contributed by atoms with Crippen molar-refractivity contribution < 1.29 is 22.0 Å². The minimum absolute atomic E-state index is 0.370. The van der Waals surface area contributed by atoms with Crippen LogP contribution in [0.3, 0.4) is 0 Å². The predicted octanol–water partition coefficient (Wildman–Crippen LogP) is 3.31. The third-order valence-corrected chi connectivity index (χ3v) is 3.62. The zero-order valence-electron chi connectivity index (χ0n) is 11.3. The molecule has 1 heterocycles. The fourth-order valence-electron chi connectivity index (χ4n) is 2.55. The summed E-state index contributed by atoms with van der Waals surface area (Å²) in [6.45, 7) is 2.61. The van der Waals surface area contributed by atoms with Gasteiger partial charge in [-0.05, 0) is 17.7 Å². The van der Waals surface area contributed by atoms with Gasteiger partial charge in [0.1, 0.15) is 0 Å². The first-order valence-electron chi connectivity index (χ1n) is 6.78. The third-order valence-electron chi connectivity index (χ3n) is 3.62. The lowest BCUT2D eigenvalue weighted by Gasteiger charge is -2.35. The first kappa shape index (κ1) is 16.2. The highest BCUT2D eigenvalue weighted by Gasteiger charge is 2.31. The molecule has 0 bridgehead atoms. The fraction of sp³-hybridized carbons (Fsp3) is 0.571. The molecule has 118 valence electrons. The van der Waals surface area contributed by atoms with Gasteiger partial charge in [-0.2, -0.15) is 13.2 Å². The number of benzene rings is 1. The Labute approximate surface area is 119 Å². The molecule has 0 unspecified atom stereocenters. The molecule has 0 aliphatic carbocycles. The van der Waals surface area contributed by atoms with Crippen molar-refractivity contribution in [1.29, 1.82) is 0 Å². The van der Waals surface area contributed by atoms with E-state index in [1.165, 1.54) is 12.1 Å². The Morgan fingerprint density at radius 2 is 1.62 bits per heavy atom. The smallest absolute Gasteiger partial charge is 0.314 e. The van der Waals surface area contributed by atoms with Crippen LogP contribution in [-0.4, -0.2) is 37.5 Å². The van der Waals surface area contributed by atoms with E-state index in [1.807, 2.05) is 4.90 Å². The van der Waals surface area contributed by atoms with Crippen molar-refractivity contribution in [2.75, 3.05) is 26.2 Å². The number of piperazine rings is 1. The maximum Gasteiger partial charge on any atom is 0.416 e. The van der Waals surface area contributed by atoms with Crippen molar-refractivity contribution in [3.8, 4) is 0 Å². The Balaban J connectivity index is 2.19. The second kappa shape index (κ2) is 6.70. The molecule has 1 saturated heterocycles. The molecule has 1 aromatic rings. The van der Waals surface area contributed by atoms with Gasteiger partial charge < -0.3 is 5.32 Å². The molecule has 1 atom stereocenters. The van der Waals surface area contributed by atoms with Crippen LogP contribution in [0.1, 0.15) is 23.6 Å². The molecule has 1 aliphatic heterocycles. The lowest BCUT2D eigenvalue weighted by Crippen LogP contribution is -2.45. The molecular weight excluding hydrogens is 291 g/mol. The summed E-state index contributed by atoms with van der Waals surface area (Å²) in [4.78, 5) is 1.89. The van der Waals surface area contributed by atoms with Gasteiger partial charge in [-0.3, -0.25) is 4.90 Å². The van der Waals surface area contributed by atoms with Crippen LogP contribution < -0.4 is 5.32 Å². The fourth-order valence-corrected chi connectivity index (χ4v) is 2.55. The Kier molecular flexibility index (Phi) is 5.16. The summed E-state index contributed by atoms with van der Waals surface area (Å²) in [5, 5.41) is 3.13. The standard InChI is InChI=1S/C14H17F5N2/c15-13(16)9-12(21-7-5-20-6-8-21)10-1-3-11(4-2-10)14(17,18)19/h1-4,12-13,20H,5-9H2/t12-/m1/s1. The number of rotatable bonds is 4. The van der Waals surface area contributed by atoms with E-state index < -0.39 is 24.2 Å². The van der Waals surface area contributed by atoms with Gasteiger partial charge in [0.25, 0.3) is 0 Å². The van der Waals surface area contributed by atoms with Crippen LogP contribution in [0.2, 0.25) is 0 Å². The molecule has 1 fully saturated rings. The van der Waals surface area contributed by atoms with Crippen molar-refractivity contribution in [2.24, 2.45) is 0 Å². The Morgan fingerprint density at radius 1 is 1.05 bits per heavy atom. The maximum absolute atomic E-state index is 12.8. The molecule has 1 aromatic carbocycles. The number of halogens is 5. The second-order valence-corrected chi connectivity index (χ2v) is 5.05. The molecule has 1 N–H and O–H groups in total. The summed E-state index contributed by atoms with van der Waals surface area (Å²) in [5.41, 5.74) is -0.257. The van der Waals surface area contributed by atoms with Crippen LogP contribution in [0.15, 0.2) is 24.3 Å². The van der Waals surface area contributed by atoms with Crippen molar-refractivity contribution in [3.05, 3.63) is 35.4 Å². The van der Waals surface area contributed by atoms with Crippen LogP contribution in [0.5, 0.6) is 0 Å².